The van der Waals surface area contributed by atoms with Gasteiger partial charge in [0, 0.05) is 11.9 Å². The van der Waals surface area contributed by atoms with Gasteiger partial charge in [-0.05, 0) is 24.3 Å². The molecule has 0 spiro atoms. The Balaban J connectivity index is 2.06. The first-order valence-corrected chi connectivity index (χ1v) is 10.0. The number of nitrogens with one attached hydrogen (secondary N) is 1. The van der Waals surface area contributed by atoms with Gasteiger partial charge in [0.15, 0.2) is 0 Å². The quantitative estimate of drug-likeness (QED) is 0.661. The van der Waals surface area contributed by atoms with Gasteiger partial charge in [-0.25, -0.2) is 8.42 Å². The first-order chi connectivity index (χ1) is 12.3. The fraction of sp³-hybridized carbons (Fsp3) is 0.176. The monoisotopic (exact) mass is 393 g/mol. The zero-order chi connectivity index (χ0) is 19.2. The standard InChI is InChI=1S/C17H19N3O4S2/c1-20(26(23,24)13-7-3-2-4-8-13)11-17(22)19-14-9-5-6-10-15(14)25-12-16(18)21/h2-10H,11-12H2,1H3,(H2,18,21)(H,19,22). The average molecular weight is 393 g/mol. The number of primary amides is 1. The lowest BCUT2D eigenvalue weighted by molar-refractivity contribution is -0.116. The molecule has 3 N–H and O–H groups in total. The van der Waals surface area contributed by atoms with Crippen molar-refractivity contribution >= 4 is 39.3 Å². The zero-order valence-corrected chi connectivity index (χ0v) is 15.7. The number of sulfonamides is 1. The number of carbonyl (C=O) groups is 2. The van der Waals surface area contributed by atoms with Gasteiger partial charge in [0.2, 0.25) is 21.8 Å². The molecule has 7 nitrogen and oxygen atoms in total. The fourth-order valence-corrected chi connectivity index (χ4v) is 3.99. The van der Waals surface area contributed by atoms with E-state index in [1.807, 2.05) is 0 Å². The molecule has 0 bridgehead atoms. The van der Waals surface area contributed by atoms with E-state index in [4.69, 9.17) is 5.73 Å². The van der Waals surface area contributed by atoms with Crippen LogP contribution in [-0.2, 0) is 19.6 Å². The van der Waals surface area contributed by atoms with Gasteiger partial charge < -0.3 is 11.1 Å². The number of anilines is 1. The highest BCUT2D eigenvalue weighted by molar-refractivity contribution is 8.00. The number of nitrogens with two attached hydrogens (primary N) is 1. The van der Waals surface area contributed by atoms with Crippen molar-refractivity contribution in [2.24, 2.45) is 5.73 Å². The second kappa shape index (κ2) is 8.84. The number of thioether (sulfide) groups is 1. The van der Waals surface area contributed by atoms with Crippen LogP contribution in [0.15, 0.2) is 64.4 Å². The minimum absolute atomic E-state index is 0.0785. The highest BCUT2D eigenvalue weighted by atomic mass is 32.2. The molecule has 0 saturated heterocycles. The summed E-state index contributed by atoms with van der Waals surface area (Å²) in [5.41, 5.74) is 5.63. The van der Waals surface area contributed by atoms with E-state index >= 15 is 0 Å². The Morgan fingerprint density at radius 2 is 1.69 bits per heavy atom. The van der Waals surface area contributed by atoms with Crippen LogP contribution in [0.1, 0.15) is 0 Å². The number of carbonyl (C=O) groups excluding carboxylic acids is 2. The first-order valence-electron chi connectivity index (χ1n) is 7.62. The number of hydrogen-bond acceptors (Lipinski definition) is 5. The molecule has 0 fully saturated rings. The van der Waals surface area contributed by atoms with Crippen LogP contribution >= 0.6 is 11.8 Å². The Kier molecular flexibility index (Phi) is 6.78. The van der Waals surface area contributed by atoms with Gasteiger partial charge in [-0.1, -0.05) is 30.3 Å². The van der Waals surface area contributed by atoms with Crippen molar-refractivity contribution in [1.82, 2.24) is 4.31 Å². The summed E-state index contributed by atoms with van der Waals surface area (Å²) in [6.07, 6.45) is 0. The maximum atomic E-state index is 12.5. The molecule has 9 heteroatoms. The number of amides is 2. The Morgan fingerprint density at radius 1 is 1.08 bits per heavy atom. The van der Waals surface area contributed by atoms with Crippen LogP contribution in [0.4, 0.5) is 5.69 Å². The van der Waals surface area contributed by atoms with E-state index in [9.17, 15) is 18.0 Å². The van der Waals surface area contributed by atoms with Crippen LogP contribution in [0, 0.1) is 0 Å². The Labute approximate surface area is 156 Å². The molecular formula is C17H19N3O4S2. The maximum absolute atomic E-state index is 12.5. The Bertz CT molecular complexity index is 886. The number of nitrogens with zero attached hydrogens (tertiary/aromatic N) is 1. The van der Waals surface area contributed by atoms with E-state index in [-0.39, 0.29) is 17.2 Å². The molecule has 0 aliphatic carbocycles. The molecule has 0 aliphatic heterocycles. The van der Waals surface area contributed by atoms with E-state index in [2.05, 4.69) is 5.32 Å². The molecule has 0 atom stereocenters. The molecule has 0 radical (unpaired) electrons. The third-order valence-electron chi connectivity index (χ3n) is 3.35. The topological polar surface area (TPSA) is 110 Å². The molecule has 0 saturated carbocycles. The predicted molar refractivity (Wildman–Crippen MR) is 101 cm³/mol. The molecular weight excluding hydrogens is 374 g/mol. The summed E-state index contributed by atoms with van der Waals surface area (Å²) in [6.45, 7) is -0.341. The third-order valence-corrected chi connectivity index (χ3v) is 6.26. The molecule has 26 heavy (non-hydrogen) atoms. The smallest absolute Gasteiger partial charge is 0.243 e. The predicted octanol–water partition coefficient (Wildman–Crippen LogP) is 1.52. The van der Waals surface area contributed by atoms with Crippen molar-refractivity contribution in [3.63, 3.8) is 0 Å². The van der Waals surface area contributed by atoms with Crippen molar-refractivity contribution in [2.75, 3.05) is 24.7 Å². The molecule has 138 valence electrons. The van der Waals surface area contributed by atoms with Crippen LogP contribution in [-0.4, -0.2) is 43.9 Å². The first kappa shape index (κ1) is 20.0. The van der Waals surface area contributed by atoms with E-state index in [0.717, 1.165) is 4.31 Å². The summed E-state index contributed by atoms with van der Waals surface area (Å²) in [6, 6.07) is 14.8. The number of para-hydroxylation sites is 1. The van der Waals surface area contributed by atoms with Gasteiger partial charge in [-0.15, -0.1) is 11.8 Å². The normalized spacial score (nSPS) is 11.3. The van der Waals surface area contributed by atoms with Crippen molar-refractivity contribution in [1.29, 1.82) is 0 Å². The molecule has 0 heterocycles. The van der Waals surface area contributed by atoms with Crippen molar-refractivity contribution < 1.29 is 18.0 Å². The second-order valence-electron chi connectivity index (χ2n) is 5.37. The molecule has 0 aliphatic rings. The van der Waals surface area contributed by atoms with Crippen LogP contribution < -0.4 is 11.1 Å². The highest BCUT2D eigenvalue weighted by Gasteiger charge is 2.22. The Morgan fingerprint density at radius 3 is 2.35 bits per heavy atom. The molecule has 0 unspecified atom stereocenters. The van der Waals surface area contributed by atoms with Crippen molar-refractivity contribution in [2.45, 2.75) is 9.79 Å². The van der Waals surface area contributed by atoms with Gasteiger partial charge in [-0.3, -0.25) is 9.59 Å². The zero-order valence-electron chi connectivity index (χ0n) is 14.1. The van der Waals surface area contributed by atoms with Gasteiger partial charge >= 0.3 is 0 Å². The van der Waals surface area contributed by atoms with Crippen molar-refractivity contribution in [3.05, 3.63) is 54.6 Å². The lowest BCUT2D eigenvalue weighted by Gasteiger charge is -2.17. The lowest BCUT2D eigenvalue weighted by Crippen LogP contribution is -2.35. The minimum Gasteiger partial charge on any atom is -0.369 e. The summed E-state index contributed by atoms with van der Waals surface area (Å²) in [5, 5.41) is 2.67. The Hall–Kier alpha value is -2.36. The van der Waals surface area contributed by atoms with Gasteiger partial charge in [-0.2, -0.15) is 4.31 Å². The fourth-order valence-electron chi connectivity index (χ4n) is 2.09. The largest absolute Gasteiger partial charge is 0.369 e. The average Bonchev–Trinajstić information content (AvgIpc) is 2.61. The molecule has 2 rings (SSSR count). The maximum Gasteiger partial charge on any atom is 0.243 e. The lowest BCUT2D eigenvalue weighted by atomic mass is 10.3. The number of likely N-dealkylation sites (N-methyl/N-ethyl adjacent to an activating group) is 1. The van der Waals surface area contributed by atoms with E-state index < -0.39 is 21.8 Å². The van der Waals surface area contributed by atoms with Crippen molar-refractivity contribution in [3.8, 4) is 0 Å². The number of benzene rings is 2. The van der Waals surface area contributed by atoms with Gasteiger partial charge in [0.1, 0.15) is 0 Å². The van der Waals surface area contributed by atoms with Crippen LogP contribution in [0.5, 0.6) is 0 Å². The highest BCUT2D eigenvalue weighted by Crippen LogP contribution is 2.26. The summed E-state index contributed by atoms with van der Waals surface area (Å²) in [7, 11) is -2.41. The SMILES string of the molecule is CN(CC(=O)Nc1ccccc1SCC(N)=O)S(=O)(=O)c1ccccc1. The summed E-state index contributed by atoms with van der Waals surface area (Å²) in [5.74, 6) is -0.876. The third kappa shape index (κ3) is 5.32. The second-order valence-corrected chi connectivity index (χ2v) is 8.44. The molecule has 0 aromatic heterocycles. The van der Waals surface area contributed by atoms with Crippen LogP contribution in [0.3, 0.4) is 0 Å². The summed E-state index contributed by atoms with van der Waals surface area (Å²) < 4.78 is 25.9. The van der Waals surface area contributed by atoms with Crippen LogP contribution in [0.25, 0.3) is 0 Å². The molecule has 2 aromatic carbocycles. The van der Waals surface area contributed by atoms with E-state index in [0.29, 0.717) is 10.6 Å². The number of rotatable bonds is 8. The summed E-state index contributed by atoms with van der Waals surface area (Å²) >= 11 is 1.20. The summed E-state index contributed by atoms with van der Waals surface area (Å²) in [4.78, 5) is 24.0. The van der Waals surface area contributed by atoms with Gasteiger partial charge in [0.05, 0.1) is 22.9 Å². The van der Waals surface area contributed by atoms with Gasteiger partial charge in [0.25, 0.3) is 0 Å². The molecule has 2 amide bonds. The van der Waals surface area contributed by atoms with E-state index in [1.165, 1.54) is 30.9 Å². The van der Waals surface area contributed by atoms with Crippen LogP contribution in [0.2, 0.25) is 0 Å². The minimum atomic E-state index is -3.75. The number of hydrogen-bond donors (Lipinski definition) is 2. The molecule has 2 aromatic rings. The van der Waals surface area contributed by atoms with E-state index in [1.54, 1.807) is 42.5 Å².